The third kappa shape index (κ3) is 4.25. The number of rotatable bonds is 6. The molecule has 1 aliphatic rings. The zero-order chi connectivity index (χ0) is 16.9. The standard InChI is InChI=1S/C19H20INO2S/c1-3-22-17-11-15(19-21-8-9-24-19)10-16(20)18(17)23-12-14-6-4-13(2)5-7-14/h4-7,10-11H,3,8-9,12H2,1-2H3. The Morgan fingerprint density at radius 1 is 1.17 bits per heavy atom. The van der Waals surface area contributed by atoms with E-state index >= 15 is 0 Å². The van der Waals surface area contributed by atoms with E-state index in [9.17, 15) is 0 Å². The van der Waals surface area contributed by atoms with Crippen LogP contribution in [-0.2, 0) is 6.61 Å². The lowest BCUT2D eigenvalue weighted by Crippen LogP contribution is -2.04. The maximum absolute atomic E-state index is 6.08. The van der Waals surface area contributed by atoms with Gasteiger partial charge >= 0.3 is 0 Å². The zero-order valence-corrected chi connectivity index (χ0v) is 16.8. The molecule has 24 heavy (non-hydrogen) atoms. The Kier molecular flexibility index (Phi) is 6.05. The highest BCUT2D eigenvalue weighted by molar-refractivity contribution is 14.1. The number of thioether (sulfide) groups is 1. The molecule has 0 saturated carbocycles. The van der Waals surface area contributed by atoms with E-state index in [4.69, 9.17) is 9.47 Å². The summed E-state index contributed by atoms with van der Waals surface area (Å²) in [4.78, 5) is 4.56. The van der Waals surface area contributed by atoms with Gasteiger partial charge in [0, 0.05) is 17.9 Å². The van der Waals surface area contributed by atoms with Crippen molar-refractivity contribution >= 4 is 39.4 Å². The molecular formula is C19H20INO2S. The first-order valence-electron chi connectivity index (χ1n) is 7.99. The molecule has 3 nitrogen and oxygen atoms in total. The Morgan fingerprint density at radius 2 is 1.96 bits per heavy atom. The first-order chi connectivity index (χ1) is 11.7. The fourth-order valence-electron chi connectivity index (χ4n) is 2.44. The van der Waals surface area contributed by atoms with Gasteiger partial charge in [0.1, 0.15) is 6.61 Å². The van der Waals surface area contributed by atoms with Crippen LogP contribution in [0.4, 0.5) is 0 Å². The molecule has 0 aromatic heterocycles. The van der Waals surface area contributed by atoms with Gasteiger partial charge in [-0.05, 0) is 54.1 Å². The number of aryl methyl sites for hydroxylation is 1. The van der Waals surface area contributed by atoms with Crippen LogP contribution >= 0.6 is 34.4 Å². The summed E-state index contributed by atoms with van der Waals surface area (Å²) in [5.41, 5.74) is 3.52. The van der Waals surface area contributed by atoms with Crippen molar-refractivity contribution in [3.63, 3.8) is 0 Å². The Morgan fingerprint density at radius 3 is 2.62 bits per heavy atom. The van der Waals surface area contributed by atoms with Gasteiger partial charge in [0.15, 0.2) is 11.5 Å². The molecule has 0 unspecified atom stereocenters. The summed E-state index contributed by atoms with van der Waals surface area (Å²) < 4.78 is 13.0. The summed E-state index contributed by atoms with van der Waals surface area (Å²) in [7, 11) is 0. The van der Waals surface area contributed by atoms with Gasteiger partial charge in [-0.25, -0.2) is 0 Å². The predicted molar refractivity (Wildman–Crippen MR) is 110 cm³/mol. The van der Waals surface area contributed by atoms with Crippen LogP contribution in [0.25, 0.3) is 0 Å². The molecule has 5 heteroatoms. The molecule has 0 bridgehead atoms. The first kappa shape index (κ1) is 17.6. The minimum Gasteiger partial charge on any atom is -0.490 e. The van der Waals surface area contributed by atoms with E-state index in [1.165, 1.54) is 5.56 Å². The molecule has 0 N–H and O–H groups in total. The molecule has 2 aromatic rings. The molecule has 0 aliphatic carbocycles. The van der Waals surface area contributed by atoms with E-state index in [1.54, 1.807) is 11.8 Å². The van der Waals surface area contributed by atoms with Gasteiger partial charge in [0.05, 0.1) is 15.2 Å². The van der Waals surface area contributed by atoms with E-state index < -0.39 is 0 Å². The highest BCUT2D eigenvalue weighted by atomic mass is 127. The molecule has 126 valence electrons. The second-order valence-electron chi connectivity index (χ2n) is 5.53. The smallest absolute Gasteiger partial charge is 0.175 e. The van der Waals surface area contributed by atoms with Crippen LogP contribution in [0, 0.1) is 10.5 Å². The summed E-state index contributed by atoms with van der Waals surface area (Å²) in [6, 6.07) is 12.6. The van der Waals surface area contributed by atoms with Crippen molar-refractivity contribution in [3.05, 3.63) is 56.7 Å². The van der Waals surface area contributed by atoms with Crippen LogP contribution in [0.1, 0.15) is 23.6 Å². The van der Waals surface area contributed by atoms with Crippen molar-refractivity contribution < 1.29 is 9.47 Å². The average molecular weight is 453 g/mol. The van der Waals surface area contributed by atoms with Gasteiger partial charge in [-0.15, -0.1) is 11.8 Å². The molecule has 1 aliphatic heterocycles. The van der Waals surface area contributed by atoms with Gasteiger partial charge in [-0.1, -0.05) is 29.8 Å². The third-order valence-electron chi connectivity index (χ3n) is 3.65. The average Bonchev–Trinajstić information content (AvgIpc) is 3.10. The molecule has 0 amide bonds. The minimum absolute atomic E-state index is 0.533. The Hall–Kier alpha value is -1.21. The fraction of sp³-hybridized carbons (Fsp3) is 0.316. The molecule has 0 radical (unpaired) electrons. The highest BCUT2D eigenvalue weighted by Crippen LogP contribution is 2.36. The third-order valence-corrected chi connectivity index (χ3v) is 5.47. The fourth-order valence-corrected chi connectivity index (χ4v) is 4.04. The van der Waals surface area contributed by atoms with Crippen LogP contribution in [0.3, 0.4) is 0 Å². The maximum Gasteiger partial charge on any atom is 0.175 e. The lowest BCUT2D eigenvalue weighted by atomic mass is 10.1. The van der Waals surface area contributed by atoms with Gasteiger partial charge in [-0.3, -0.25) is 4.99 Å². The topological polar surface area (TPSA) is 30.8 Å². The number of hydrogen-bond donors (Lipinski definition) is 0. The molecule has 0 spiro atoms. The molecule has 3 rings (SSSR count). The van der Waals surface area contributed by atoms with Gasteiger partial charge in [-0.2, -0.15) is 0 Å². The van der Waals surface area contributed by atoms with Crippen molar-refractivity contribution in [2.45, 2.75) is 20.5 Å². The summed E-state index contributed by atoms with van der Waals surface area (Å²) in [5.74, 6) is 2.66. The zero-order valence-electron chi connectivity index (χ0n) is 13.8. The van der Waals surface area contributed by atoms with E-state index in [1.807, 2.05) is 13.0 Å². The van der Waals surface area contributed by atoms with Crippen molar-refractivity contribution in [2.24, 2.45) is 4.99 Å². The lowest BCUT2D eigenvalue weighted by Gasteiger charge is -2.15. The highest BCUT2D eigenvalue weighted by Gasteiger charge is 2.17. The summed E-state index contributed by atoms with van der Waals surface area (Å²) >= 11 is 4.12. The number of aliphatic imine (C=N–C) groups is 1. The number of ether oxygens (including phenoxy) is 2. The Bertz CT molecular complexity index is 744. The Balaban J connectivity index is 1.84. The van der Waals surface area contributed by atoms with Crippen LogP contribution in [0.2, 0.25) is 0 Å². The lowest BCUT2D eigenvalue weighted by molar-refractivity contribution is 0.267. The second kappa shape index (κ2) is 8.25. The predicted octanol–water partition coefficient (Wildman–Crippen LogP) is 5.07. The molecule has 2 aromatic carbocycles. The summed E-state index contributed by atoms with van der Waals surface area (Å²) in [6.07, 6.45) is 0. The van der Waals surface area contributed by atoms with Crippen molar-refractivity contribution in [3.8, 4) is 11.5 Å². The SMILES string of the molecule is CCOc1cc(C2=NCCS2)cc(I)c1OCc1ccc(C)cc1. The van der Waals surface area contributed by atoms with E-state index in [2.05, 4.69) is 64.8 Å². The Labute approximate surface area is 161 Å². The minimum atomic E-state index is 0.533. The number of halogens is 1. The number of benzene rings is 2. The van der Waals surface area contributed by atoms with Crippen LogP contribution < -0.4 is 9.47 Å². The second-order valence-corrected chi connectivity index (χ2v) is 7.77. The summed E-state index contributed by atoms with van der Waals surface area (Å²) in [5, 5.41) is 1.10. The van der Waals surface area contributed by atoms with Gasteiger partial charge < -0.3 is 9.47 Å². The largest absolute Gasteiger partial charge is 0.490 e. The molecule has 0 atom stereocenters. The maximum atomic E-state index is 6.08. The van der Waals surface area contributed by atoms with Crippen molar-refractivity contribution in [1.82, 2.24) is 0 Å². The van der Waals surface area contributed by atoms with Crippen molar-refractivity contribution in [2.75, 3.05) is 18.9 Å². The number of hydrogen-bond acceptors (Lipinski definition) is 4. The van der Waals surface area contributed by atoms with E-state index in [0.717, 1.165) is 43.5 Å². The molecule has 1 heterocycles. The normalized spacial score (nSPS) is 13.7. The van der Waals surface area contributed by atoms with Crippen molar-refractivity contribution in [1.29, 1.82) is 0 Å². The molecular weight excluding hydrogens is 433 g/mol. The van der Waals surface area contributed by atoms with Crippen LogP contribution in [-0.4, -0.2) is 23.9 Å². The first-order valence-corrected chi connectivity index (χ1v) is 10.1. The van der Waals surface area contributed by atoms with E-state index in [-0.39, 0.29) is 0 Å². The molecule has 0 saturated heterocycles. The monoisotopic (exact) mass is 453 g/mol. The number of nitrogens with zero attached hydrogens (tertiary/aromatic N) is 1. The van der Waals surface area contributed by atoms with Gasteiger partial charge in [0.2, 0.25) is 0 Å². The molecule has 0 fully saturated rings. The summed E-state index contributed by atoms with van der Waals surface area (Å²) in [6.45, 7) is 6.12. The quantitative estimate of drug-likeness (QED) is 0.573. The van der Waals surface area contributed by atoms with Crippen LogP contribution in [0.15, 0.2) is 41.4 Å². The van der Waals surface area contributed by atoms with E-state index in [0.29, 0.717) is 13.2 Å². The van der Waals surface area contributed by atoms with Crippen LogP contribution in [0.5, 0.6) is 11.5 Å². The van der Waals surface area contributed by atoms with Gasteiger partial charge in [0.25, 0.3) is 0 Å².